The third kappa shape index (κ3) is 3.60. The Morgan fingerprint density at radius 3 is 2.41 bits per heavy atom. The van der Waals surface area contributed by atoms with Gasteiger partial charge in [0, 0.05) is 23.8 Å². The predicted molar refractivity (Wildman–Crippen MR) is 102 cm³/mol. The van der Waals surface area contributed by atoms with Crippen LogP contribution in [0.3, 0.4) is 0 Å². The fourth-order valence-corrected chi connectivity index (χ4v) is 3.36. The van der Waals surface area contributed by atoms with Crippen LogP contribution in [-0.2, 0) is 0 Å². The van der Waals surface area contributed by atoms with E-state index in [4.69, 9.17) is 18.9 Å². The van der Waals surface area contributed by atoms with Gasteiger partial charge in [0.05, 0.1) is 19.7 Å². The highest BCUT2D eigenvalue weighted by molar-refractivity contribution is 5.88. The summed E-state index contributed by atoms with van der Waals surface area (Å²) >= 11 is 0. The molecule has 1 saturated carbocycles. The van der Waals surface area contributed by atoms with Crippen molar-refractivity contribution in [3.05, 3.63) is 42.7 Å². The van der Waals surface area contributed by atoms with E-state index in [1.54, 1.807) is 26.6 Å². The zero-order chi connectivity index (χ0) is 18.6. The van der Waals surface area contributed by atoms with E-state index < -0.39 is 0 Å². The van der Waals surface area contributed by atoms with Crippen LogP contribution in [0.1, 0.15) is 25.7 Å². The number of aromatic nitrogens is 2. The predicted octanol–water partition coefficient (Wildman–Crippen LogP) is 4.76. The monoisotopic (exact) mass is 366 g/mol. The molecule has 0 atom stereocenters. The first kappa shape index (κ1) is 17.4. The SMILES string of the molecule is COc1cc2nccc(Oc3cccnc3OC3CCCC3)c2cc1OC. The number of benzene rings is 1. The van der Waals surface area contributed by atoms with Crippen LogP contribution in [0, 0.1) is 0 Å². The molecule has 1 fully saturated rings. The van der Waals surface area contributed by atoms with E-state index in [9.17, 15) is 0 Å². The first-order chi connectivity index (χ1) is 13.3. The number of nitrogens with zero attached hydrogens (tertiary/aromatic N) is 2. The lowest BCUT2D eigenvalue weighted by Crippen LogP contribution is -2.12. The van der Waals surface area contributed by atoms with Crippen LogP contribution in [-0.4, -0.2) is 30.3 Å². The van der Waals surface area contributed by atoms with Gasteiger partial charge in [0.1, 0.15) is 11.9 Å². The number of pyridine rings is 2. The Morgan fingerprint density at radius 1 is 0.852 bits per heavy atom. The summed E-state index contributed by atoms with van der Waals surface area (Å²) in [6.07, 6.45) is 8.15. The Labute approximate surface area is 158 Å². The molecule has 3 aromatic rings. The average Bonchev–Trinajstić information content (AvgIpc) is 3.21. The molecule has 2 heterocycles. The van der Waals surface area contributed by atoms with Gasteiger partial charge in [0.25, 0.3) is 5.88 Å². The summed E-state index contributed by atoms with van der Waals surface area (Å²) in [4.78, 5) is 8.78. The van der Waals surface area contributed by atoms with Gasteiger partial charge >= 0.3 is 0 Å². The Hall–Kier alpha value is -3.02. The van der Waals surface area contributed by atoms with Crippen molar-refractivity contribution in [2.45, 2.75) is 31.8 Å². The first-order valence-electron chi connectivity index (χ1n) is 9.08. The van der Waals surface area contributed by atoms with E-state index in [0.717, 1.165) is 23.7 Å². The molecule has 0 spiro atoms. The number of methoxy groups -OCH3 is 2. The summed E-state index contributed by atoms with van der Waals surface area (Å²) in [7, 11) is 3.21. The zero-order valence-corrected chi connectivity index (χ0v) is 15.5. The Kier molecular flexibility index (Phi) is 4.96. The third-order valence-electron chi connectivity index (χ3n) is 4.74. The smallest absolute Gasteiger partial charge is 0.257 e. The molecule has 1 aliphatic rings. The number of hydrogen-bond donors (Lipinski definition) is 0. The molecule has 2 aromatic heterocycles. The van der Waals surface area contributed by atoms with Gasteiger partial charge in [-0.05, 0) is 49.9 Å². The molecule has 1 aliphatic carbocycles. The molecular weight excluding hydrogens is 344 g/mol. The number of rotatable bonds is 6. The highest BCUT2D eigenvalue weighted by Crippen LogP contribution is 2.39. The van der Waals surface area contributed by atoms with Crippen LogP contribution in [0.4, 0.5) is 0 Å². The minimum atomic E-state index is 0.209. The Bertz CT molecular complexity index is 939. The van der Waals surface area contributed by atoms with Crippen molar-refractivity contribution < 1.29 is 18.9 Å². The summed E-state index contributed by atoms with van der Waals surface area (Å²) < 4.78 is 23.0. The van der Waals surface area contributed by atoms with E-state index in [1.165, 1.54) is 12.8 Å². The lowest BCUT2D eigenvalue weighted by atomic mass is 10.2. The van der Waals surface area contributed by atoms with Gasteiger partial charge in [-0.3, -0.25) is 4.98 Å². The van der Waals surface area contributed by atoms with E-state index in [1.807, 2.05) is 30.3 Å². The summed E-state index contributed by atoms with van der Waals surface area (Å²) in [6, 6.07) is 9.22. The van der Waals surface area contributed by atoms with Gasteiger partial charge in [-0.25, -0.2) is 4.98 Å². The van der Waals surface area contributed by atoms with Crippen LogP contribution < -0.4 is 18.9 Å². The largest absolute Gasteiger partial charge is 0.493 e. The molecule has 0 radical (unpaired) electrons. The van der Waals surface area contributed by atoms with Gasteiger partial charge in [-0.2, -0.15) is 0 Å². The molecule has 6 nitrogen and oxygen atoms in total. The maximum Gasteiger partial charge on any atom is 0.257 e. The summed E-state index contributed by atoms with van der Waals surface area (Å²) in [5.74, 6) is 3.02. The zero-order valence-electron chi connectivity index (χ0n) is 15.5. The molecule has 0 saturated heterocycles. The molecule has 0 amide bonds. The maximum absolute atomic E-state index is 6.18. The maximum atomic E-state index is 6.18. The fourth-order valence-electron chi connectivity index (χ4n) is 3.36. The van der Waals surface area contributed by atoms with Crippen molar-refractivity contribution in [3.63, 3.8) is 0 Å². The molecule has 27 heavy (non-hydrogen) atoms. The fraction of sp³-hybridized carbons (Fsp3) is 0.333. The van der Waals surface area contributed by atoms with Crippen LogP contribution in [0.15, 0.2) is 42.7 Å². The van der Waals surface area contributed by atoms with Crippen LogP contribution in [0.5, 0.6) is 28.9 Å². The lowest BCUT2D eigenvalue weighted by molar-refractivity contribution is 0.194. The molecular formula is C21H22N2O4. The van der Waals surface area contributed by atoms with E-state index in [2.05, 4.69) is 9.97 Å². The van der Waals surface area contributed by atoms with Gasteiger partial charge in [-0.1, -0.05) is 0 Å². The molecule has 6 heteroatoms. The Balaban J connectivity index is 1.69. The second-order valence-corrected chi connectivity index (χ2v) is 6.47. The summed E-state index contributed by atoms with van der Waals surface area (Å²) in [6.45, 7) is 0. The van der Waals surface area contributed by atoms with Crippen molar-refractivity contribution in [1.29, 1.82) is 0 Å². The molecule has 0 N–H and O–H groups in total. The average molecular weight is 366 g/mol. The minimum Gasteiger partial charge on any atom is -0.493 e. The van der Waals surface area contributed by atoms with Crippen molar-refractivity contribution in [3.8, 4) is 28.9 Å². The van der Waals surface area contributed by atoms with Crippen molar-refractivity contribution in [2.75, 3.05) is 14.2 Å². The molecule has 4 rings (SSSR count). The highest BCUT2D eigenvalue weighted by atomic mass is 16.5. The van der Waals surface area contributed by atoms with Crippen molar-refractivity contribution >= 4 is 10.9 Å². The topological polar surface area (TPSA) is 62.7 Å². The van der Waals surface area contributed by atoms with E-state index >= 15 is 0 Å². The van der Waals surface area contributed by atoms with Gasteiger partial charge in [-0.15, -0.1) is 0 Å². The molecule has 140 valence electrons. The van der Waals surface area contributed by atoms with E-state index in [0.29, 0.717) is 28.9 Å². The van der Waals surface area contributed by atoms with Gasteiger partial charge < -0.3 is 18.9 Å². The molecule has 0 aliphatic heterocycles. The molecule has 0 bridgehead atoms. The first-order valence-corrected chi connectivity index (χ1v) is 9.08. The van der Waals surface area contributed by atoms with Crippen molar-refractivity contribution in [2.24, 2.45) is 0 Å². The highest BCUT2D eigenvalue weighted by Gasteiger charge is 2.20. The van der Waals surface area contributed by atoms with Crippen LogP contribution in [0.2, 0.25) is 0 Å². The number of fused-ring (bicyclic) bond motifs is 1. The van der Waals surface area contributed by atoms with E-state index in [-0.39, 0.29) is 6.10 Å². The Morgan fingerprint density at radius 2 is 1.63 bits per heavy atom. The van der Waals surface area contributed by atoms with Gasteiger partial charge in [0.2, 0.25) is 0 Å². The summed E-state index contributed by atoms with van der Waals surface area (Å²) in [5.41, 5.74) is 0.757. The second kappa shape index (κ2) is 7.70. The van der Waals surface area contributed by atoms with Crippen LogP contribution >= 0.6 is 0 Å². The quantitative estimate of drug-likeness (QED) is 0.627. The van der Waals surface area contributed by atoms with Crippen molar-refractivity contribution in [1.82, 2.24) is 9.97 Å². The third-order valence-corrected chi connectivity index (χ3v) is 4.74. The van der Waals surface area contributed by atoms with Gasteiger partial charge in [0.15, 0.2) is 17.2 Å². The second-order valence-electron chi connectivity index (χ2n) is 6.47. The standard InChI is InChI=1S/C21H22N2O4/c1-24-19-12-15-16(13-20(19)25-2)22-11-9-17(15)27-18-8-5-10-23-21(18)26-14-6-3-4-7-14/h5,8-14H,3-4,6-7H2,1-2H3. The number of ether oxygens (including phenoxy) is 4. The summed E-state index contributed by atoms with van der Waals surface area (Å²) in [5, 5.41) is 0.825. The van der Waals surface area contributed by atoms with Crippen LogP contribution in [0.25, 0.3) is 10.9 Å². The minimum absolute atomic E-state index is 0.209. The molecule has 0 unspecified atom stereocenters. The lowest BCUT2D eigenvalue weighted by Gasteiger charge is -2.16. The number of hydrogen-bond acceptors (Lipinski definition) is 6. The normalized spacial score (nSPS) is 14.3. The molecule has 1 aromatic carbocycles.